The van der Waals surface area contributed by atoms with E-state index in [0.29, 0.717) is 0 Å². The molecule has 0 saturated carbocycles. The van der Waals surface area contributed by atoms with Gasteiger partial charge in [-0.1, -0.05) is 0 Å². The number of ether oxygens (including phenoxy) is 1. The highest BCUT2D eigenvalue weighted by molar-refractivity contribution is 5.81. The van der Waals surface area contributed by atoms with Gasteiger partial charge in [-0.3, -0.25) is 10.2 Å². The van der Waals surface area contributed by atoms with Gasteiger partial charge in [0.05, 0.1) is 6.61 Å². The van der Waals surface area contributed by atoms with E-state index in [0.717, 1.165) is 0 Å². The van der Waals surface area contributed by atoms with E-state index in [2.05, 4.69) is 10.9 Å². The third-order valence-electron chi connectivity index (χ3n) is 2.40. The van der Waals surface area contributed by atoms with Crippen molar-refractivity contribution in [3.8, 4) is 0 Å². The van der Waals surface area contributed by atoms with Gasteiger partial charge >= 0.3 is 0 Å². The fraction of sp³-hybridized carbons (Fsp3) is 0.875. The predicted molar refractivity (Wildman–Crippen MR) is 51.0 cm³/mol. The van der Waals surface area contributed by atoms with E-state index < -0.39 is 43.0 Å². The molecule has 1 saturated heterocycles. The third-order valence-corrected chi connectivity index (χ3v) is 2.40. The summed E-state index contributed by atoms with van der Waals surface area (Å²) in [5.41, 5.74) is 4.52. The first-order valence-corrected chi connectivity index (χ1v) is 4.80. The topological polar surface area (TPSA) is 131 Å². The summed E-state index contributed by atoms with van der Waals surface area (Å²) >= 11 is 0. The third kappa shape index (κ3) is 2.48. The van der Waals surface area contributed by atoms with Gasteiger partial charge < -0.3 is 25.2 Å². The molecule has 94 valence electrons. The summed E-state index contributed by atoms with van der Waals surface area (Å²) in [6.07, 6.45) is -6.97. The van der Waals surface area contributed by atoms with E-state index in [-0.39, 0.29) is 0 Å². The Morgan fingerprint density at radius 2 is 1.88 bits per heavy atom. The summed E-state index contributed by atoms with van der Waals surface area (Å²) in [5, 5.41) is 37.2. The summed E-state index contributed by atoms with van der Waals surface area (Å²) in [7, 11) is 1.45. The SMILES string of the molecule is CNNC(=O)[C@H]1O[C@@H](CO)[C@H](O)[C@@H](O)[C@@H]1O. The lowest BCUT2D eigenvalue weighted by Gasteiger charge is -2.39. The number of hydrogen-bond acceptors (Lipinski definition) is 7. The van der Waals surface area contributed by atoms with Crippen molar-refractivity contribution >= 4 is 5.91 Å². The van der Waals surface area contributed by atoms with Gasteiger partial charge in [-0.2, -0.15) is 0 Å². The summed E-state index contributed by atoms with van der Waals surface area (Å²) < 4.78 is 4.98. The number of carbonyl (C=O) groups is 1. The van der Waals surface area contributed by atoms with Crippen molar-refractivity contribution in [1.82, 2.24) is 10.9 Å². The second-order valence-corrected chi connectivity index (χ2v) is 3.49. The Morgan fingerprint density at radius 1 is 1.25 bits per heavy atom. The minimum Gasteiger partial charge on any atom is -0.394 e. The number of hydrogen-bond donors (Lipinski definition) is 6. The first kappa shape index (κ1) is 13.3. The van der Waals surface area contributed by atoms with E-state index in [1.807, 2.05) is 0 Å². The van der Waals surface area contributed by atoms with Crippen LogP contribution in [0.15, 0.2) is 0 Å². The van der Waals surface area contributed by atoms with E-state index in [4.69, 9.17) is 9.84 Å². The first-order valence-electron chi connectivity index (χ1n) is 4.80. The van der Waals surface area contributed by atoms with Crippen molar-refractivity contribution in [2.45, 2.75) is 30.5 Å². The van der Waals surface area contributed by atoms with Crippen LogP contribution in [0.3, 0.4) is 0 Å². The number of amides is 1. The summed E-state index contributed by atoms with van der Waals surface area (Å²) in [4.78, 5) is 11.4. The Bertz CT molecular complexity index is 249. The molecule has 1 aliphatic heterocycles. The van der Waals surface area contributed by atoms with Crippen molar-refractivity contribution in [2.24, 2.45) is 0 Å². The van der Waals surface area contributed by atoms with Gasteiger partial charge in [0.2, 0.25) is 0 Å². The van der Waals surface area contributed by atoms with Gasteiger partial charge in [-0.25, -0.2) is 5.43 Å². The molecule has 0 spiro atoms. The van der Waals surface area contributed by atoms with Crippen LogP contribution in [-0.4, -0.2) is 70.5 Å². The van der Waals surface area contributed by atoms with Crippen LogP contribution in [-0.2, 0) is 9.53 Å². The van der Waals surface area contributed by atoms with Crippen LogP contribution >= 0.6 is 0 Å². The minimum atomic E-state index is -1.55. The normalized spacial score (nSPS) is 39.4. The molecular formula is C8H16N2O6. The minimum absolute atomic E-state index is 0.561. The molecular weight excluding hydrogens is 220 g/mol. The molecule has 0 radical (unpaired) electrons. The monoisotopic (exact) mass is 236 g/mol. The fourth-order valence-corrected chi connectivity index (χ4v) is 1.51. The molecule has 0 aromatic carbocycles. The van der Waals surface area contributed by atoms with Gasteiger partial charge in [0, 0.05) is 7.05 Å². The van der Waals surface area contributed by atoms with Gasteiger partial charge in [0.15, 0.2) is 6.10 Å². The Hall–Kier alpha value is -0.770. The molecule has 0 bridgehead atoms. The van der Waals surface area contributed by atoms with Crippen molar-refractivity contribution in [1.29, 1.82) is 0 Å². The number of carbonyl (C=O) groups excluding carboxylic acids is 1. The summed E-state index contributed by atoms with van der Waals surface area (Å²) in [6, 6.07) is 0. The van der Waals surface area contributed by atoms with Crippen molar-refractivity contribution < 1.29 is 30.0 Å². The molecule has 1 fully saturated rings. The Morgan fingerprint density at radius 3 is 2.38 bits per heavy atom. The summed E-state index contributed by atoms with van der Waals surface area (Å²) in [5.74, 6) is -0.695. The van der Waals surface area contributed by atoms with Crippen LogP contribution in [0.5, 0.6) is 0 Å². The molecule has 0 aromatic heterocycles. The molecule has 1 aliphatic rings. The number of hydrazine groups is 1. The van der Waals surface area contributed by atoms with Crippen molar-refractivity contribution in [2.75, 3.05) is 13.7 Å². The molecule has 1 heterocycles. The van der Waals surface area contributed by atoms with E-state index in [1.165, 1.54) is 7.05 Å². The van der Waals surface area contributed by atoms with Crippen LogP contribution in [0, 0.1) is 0 Å². The molecule has 5 atom stereocenters. The molecule has 0 aliphatic carbocycles. The average Bonchev–Trinajstić information content (AvgIpc) is 2.27. The highest BCUT2D eigenvalue weighted by Gasteiger charge is 2.46. The molecule has 6 N–H and O–H groups in total. The van der Waals surface area contributed by atoms with E-state index in [1.54, 1.807) is 0 Å². The highest BCUT2D eigenvalue weighted by atomic mass is 16.5. The first-order chi connectivity index (χ1) is 7.52. The summed E-state index contributed by atoms with van der Waals surface area (Å²) in [6.45, 7) is -0.561. The zero-order valence-corrected chi connectivity index (χ0v) is 8.70. The van der Waals surface area contributed by atoms with Crippen LogP contribution in [0.1, 0.15) is 0 Å². The standard InChI is InChI=1S/C8H16N2O6/c1-9-10-8(15)7-6(14)5(13)4(12)3(2-11)16-7/h3-7,9,11-14H,2H2,1H3,(H,10,15)/t3-,4-,5+,6-,7-/m0/s1. The van der Waals surface area contributed by atoms with E-state index in [9.17, 15) is 20.1 Å². The maximum absolute atomic E-state index is 11.4. The zero-order valence-electron chi connectivity index (χ0n) is 8.70. The van der Waals surface area contributed by atoms with E-state index >= 15 is 0 Å². The number of aliphatic hydroxyl groups excluding tert-OH is 4. The Kier molecular flexibility index (Phi) is 4.59. The molecule has 0 aromatic rings. The Labute approximate surface area is 91.8 Å². The Balaban J connectivity index is 2.74. The zero-order chi connectivity index (χ0) is 12.3. The lowest BCUT2D eigenvalue weighted by molar-refractivity contribution is -0.227. The maximum Gasteiger partial charge on any atom is 0.266 e. The lowest BCUT2D eigenvalue weighted by atomic mass is 9.95. The molecule has 8 heteroatoms. The second-order valence-electron chi connectivity index (χ2n) is 3.49. The molecule has 16 heavy (non-hydrogen) atoms. The smallest absolute Gasteiger partial charge is 0.266 e. The quantitative estimate of drug-likeness (QED) is 0.276. The number of rotatable bonds is 3. The van der Waals surface area contributed by atoms with Crippen LogP contribution in [0.2, 0.25) is 0 Å². The van der Waals surface area contributed by atoms with Crippen LogP contribution < -0.4 is 10.9 Å². The van der Waals surface area contributed by atoms with Crippen molar-refractivity contribution in [3.05, 3.63) is 0 Å². The van der Waals surface area contributed by atoms with Crippen LogP contribution in [0.4, 0.5) is 0 Å². The molecule has 1 rings (SSSR count). The molecule has 8 nitrogen and oxygen atoms in total. The largest absolute Gasteiger partial charge is 0.394 e. The molecule has 1 amide bonds. The predicted octanol–water partition coefficient (Wildman–Crippen LogP) is -3.92. The number of aliphatic hydroxyl groups is 4. The second kappa shape index (κ2) is 5.53. The van der Waals surface area contributed by atoms with Gasteiger partial charge in [-0.15, -0.1) is 0 Å². The maximum atomic E-state index is 11.4. The van der Waals surface area contributed by atoms with Gasteiger partial charge in [0.1, 0.15) is 24.4 Å². The van der Waals surface area contributed by atoms with Crippen LogP contribution in [0.25, 0.3) is 0 Å². The van der Waals surface area contributed by atoms with Gasteiger partial charge in [-0.05, 0) is 0 Å². The molecule has 0 unspecified atom stereocenters. The van der Waals surface area contributed by atoms with Crippen molar-refractivity contribution in [3.63, 3.8) is 0 Å². The lowest BCUT2D eigenvalue weighted by Crippen LogP contribution is -2.63. The fourth-order valence-electron chi connectivity index (χ4n) is 1.51. The van der Waals surface area contributed by atoms with Gasteiger partial charge in [0.25, 0.3) is 5.91 Å². The number of nitrogens with one attached hydrogen (secondary N) is 2. The average molecular weight is 236 g/mol. The highest BCUT2D eigenvalue weighted by Crippen LogP contribution is 2.20.